The van der Waals surface area contributed by atoms with Crippen LogP contribution in [0, 0.1) is 0 Å². The van der Waals surface area contributed by atoms with Gasteiger partial charge in [-0.15, -0.1) is 0 Å². The quantitative estimate of drug-likeness (QED) is 0.433. The van der Waals surface area contributed by atoms with E-state index in [1.165, 1.54) is 42.6 Å². The molecular weight excluding hydrogens is 454 g/mol. The van der Waals surface area contributed by atoms with Gasteiger partial charge in [0.2, 0.25) is 15.8 Å². The number of esters is 1. The van der Waals surface area contributed by atoms with Crippen LogP contribution in [0.25, 0.3) is 0 Å². The molecule has 9 heteroatoms. The van der Waals surface area contributed by atoms with Gasteiger partial charge in [-0.25, -0.2) is 13.2 Å². The number of benzene rings is 2. The van der Waals surface area contributed by atoms with Gasteiger partial charge in [-0.05, 0) is 50.1 Å². The highest BCUT2D eigenvalue weighted by molar-refractivity contribution is 7.89. The van der Waals surface area contributed by atoms with Crippen LogP contribution in [0.15, 0.2) is 47.4 Å². The van der Waals surface area contributed by atoms with Gasteiger partial charge in [0, 0.05) is 23.7 Å². The van der Waals surface area contributed by atoms with Gasteiger partial charge in [-0.1, -0.05) is 36.6 Å². The molecule has 7 nitrogen and oxygen atoms in total. The predicted molar refractivity (Wildman–Crippen MR) is 121 cm³/mol. The number of sulfonamides is 1. The molecule has 0 N–H and O–H groups in total. The van der Waals surface area contributed by atoms with E-state index in [9.17, 15) is 18.0 Å². The zero-order chi connectivity index (χ0) is 23.3. The van der Waals surface area contributed by atoms with E-state index in [1.54, 1.807) is 18.2 Å². The molecule has 1 fully saturated rings. The first-order valence-corrected chi connectivity index (χ1v) is 12.2. The highest BCUT2D eigenvalue weighted by Gasteiger charge is 2.28. The molecule has 0 amide bonds. The second kappa shape index (κ2) is 10.5. The molecule has 1 heterocycles. The predicted octanol–water partition coefficient (Wildman–Crippen LogP) is 4.34. The van der Waals surface area contributed by atoms with Gasteiger partial charge in [-0.3, -0.25) is 4.79 Å². The third-order valence-corrected chi connectivity index (χ3v) is 7.49. The van der Waals surface area contributed by atoms with Crippen LogP contribution in [-0.2, 0) is 14.8 Å². The minimum atomic E-state index is -3.77. The highest BCUT2D eigenvalue weighted by atomic mass is 35.5. The lowest BCUT2D eigenvalue weighted by Gasteiger charge is -2.21. The summed E-state index contributed by atoms with van der Waals surface area (Å²) in [7, 11) is -2.40. The van der Waals surface area contributed by atoms with Crippen molar-refractivity contribution in [1.29, 1.82) is 0 Å². The van der Waals surface area contributed by atoms with Crippen LogP contribution in [0.2, 0.25) is 5.02 Å². The van der Waals surface area contributed by atoms with Crippen LogP contribution in [0.4, 0.5) is 0 Å². The number of rotatable bonds is 7. The molecule has 3 rings (SSSR count). The van der Waals surface area contributed by atoms with Crippen LogP contribution in [0.1, 0.15) is 53.3 Å². The molecule has 0 aromatic heterocycles. The molecular formula is C23H26ClNO6S. The summed E-state index contributed by atoms with van der Waals surface area (Å²) in [5.41, 5.74) is 0.247. The van der Waals surface area contributed by atoms with E-state index in [0.29, 0.717) is 23.7 Å². The minimum Gasteiger partial charge on any atom is -0.496 e. The molecule has 1 aliphatic rings. The summed E-state index contributed by atoms with van der Waals surface area (Å²) in [4.78, 5) is 25.5. The summed E-state index contributed by atoms with van der Waals surface area (Å²) >= 11 is 5.93. The molecule has 0 spiro atoms. The summed E-state index contributed by atoms with van der Waals surface area (Å²) < 4.78 is 38.3. The Morgan fingerprint density at radius 1 is 1.03 bits per heavy atom. The number of ether oxygens (including phenoxy) is 2. The summed E-state index contributed by atoms with van der Waals surface area (Å²) in [6.07, 6.45) is 2.48. The Kier molecular flexibility index (Phi) is 7.92. The van der Waals surface area contributed by atoms with E-state index in [0.717, 1.165) is 25.7 Å². The Morgan fingerprint density at radius 3 is 2.34 bits per heavy atom. The summed E-state index contributed by atoms with van der Waals surface area (Å²) in [6.45, 7) is 2.34. The van der Waals surface area contributed by atoms with Crippen LogP contribution < -0.4 is 4.74 Å². The van der Waals surface area contributed by atoms with Gasteiger partial charge in [0.15, 0.2) is 6.10 Å². The minimum absolute atomic E-state index is 0.0130. The molecule has 1 unspecified atom stereocenters. The van der Waals surface area contributed by atoms with Crippen LogP contribution in [0.5, 0.6) is 5.75 Å². The number of Topliss-reactive ketones (excluding diaryl/α,β-unsaturated/α-hetero) is 1. The van der Waals surface area contributed by atoms with E-state index in [4.69, 9.17) is 21.1 Å². The van der Waals surface area contributed by atoms with Crippen molar-refractivity contribution >= 4 is 33.4 Å². The van der Waals surface area contributed by atoms with Crippen LogP contribution >= 0.6 is 11.6 Å². The van der Waals surface area contributed by atoms with Crippen molar-refractivity contribution in [2.24, 2.45) is 0 Å². The lowest BCUT2D eigenvalue weighted by molar-refractivity contribution is 0.0315. The third-order valence-electron chi connectivity index (χ3n) is 5.36. The Balaban J connectivity index is 1.84. The monoisotopic (exact) mass is 479 g/mol. The Morgan fingerprint density at radius 2 is 1.72 bits per heavy atom. The number of halogens is 1. The van der Waals surface area contributed by atoms with E-state index in [-0.39, 0.29) is 16.2 Å². The zero-order valence-electron chi connectivity index (χ0n) is 18.0. The maximum absolute atomic E-state index is 13.1. The maximum atomic E-state index is 13.1. The van der Waals surface area contributed by atoms with Gasteiger partial charge in [0.1, 0.15) is 11.3 Å². The highest BCUT2D eigenvalue weighted by Crippen LogP contribution is 2.27. The van der Waals surface area contributed by atoms with Gasteiger partial charge < -0.3 is 9.47 Å². The number of hydrogen-bond donors (Lipinski definition) is 0. The molecule has 1 saturated heterocycles. The normalized spacial score (nSPS) is 16.1. The van der Waals surface area contributed by atoms with Gasteiger partial charge in [-0.2, -0.15) is 4.31 Å². The smallest absolute Gasteiger partial charge is 0.342 e. The van der Waals surface area contributed by atoms with Crippen molar-refractivity contribution in [3.8, 4) is 5.75 Å². The standard InChI is InChI=1S/C23H26ClNO6S/c1-16(22(26)17-8-7-9-18(24)14-17)31-23(27)20-15-19(10-11-21(20)30-2)32(28,29)25-12-5-3-4-6-13-25/h7-11,14-16H,3-6,12-13H2,1-2H3. The molecule has 0 bridgehead atoms. The lowest BCUT2D eigenvalue weighted by Crippen LogP contribution is -2.32. The van der Waals surface area contributed by atoms with Gasteiger partial charge in [0.25, 0.3) is 0 Å². The zero-order valence-corrected chi connectivity index (χ0v) is 19.6. The Bertz CT molecular complexity index is 1090. The molecule has 0 saturated carbocycles. The first-order chi connectivity index (χ1) is 15.2. The van der Waals surface area contributed by atoms with Gasteiger partial charge in [0.05, 0.1) is 12.0 Å². The first-order valence-electron chi connectivity index (χ1n) is 10.4. The first kappa shape index (κ1) is 24.2. The van der Waals surface area contributed by atoms with Crippen molar-refractivity contribution in [1.82, 2.24) is 4.31 Å². The number of ketones is 1. The van der Waals surface area contributed by atoms with Crippen molar-refractivity contribution < 1.29 is 27.5 Å². The van der Waals surface area contributed by atoms with Crippen LogP contribution in [0.3, 0.4) is 0 Å². The topological polar surface area (TPSA) is 90.0 Å². The molecule has 2 aromatic rings. The lowest BCUT2D eigenvalue weighted by atomic mass is 10.1. The molecule has 32 heavy (non-hydrogen) atoms. The van der Waals surface area contributed by atoms with Crippen molar-refractivity contribution in [3.05, 3.63) is 58.6 Å². The molecule has 1 atom stereocenters. The van der Waals surface area contributed by atoms with Crippen molar-refractivity contribution in [2.45, 2.75) is 43.6 Å². The molecule has 0 radical (unpaired) electrons. The average molecular weight is 480 g/mol. The average Bonchev–Trinajstić information content (AvgIpc) is 3.08. The fraction of sp³-hybridized carbons (Fsp3) is 0.391. The SMILES string of the molecule is COc1ccc(S(=O)(=O)N2CCCCCC2)cc1C(=O)OC(C)C(=O)c1cccc(Cl)c1. The van der Waals surface area contributed by atoms with E-state index >= 15 is 0 Å². The second-order valence-corrected chi connectivity index (χ2v) is 9.98. The molecule has 0 aliphatic carbocycles. The largest absolute Gasteiger partial charge is 0.496 e. The Labute approximate surface area is 193 Å². The van der Waals surface area contributed by atoms with Crippen LogP contribution in [-0.4, -0.2) is 50.8 Å². The summed E-state index contributed by atoms with van der Waals surface area (Å²) in [5.74, 6) is -1.11. The molecule has 172 valence electrons. The Hall–Kier alpha value is -2.42. The number of methoxy groups -OCH3 is 1. The van der Waals surface area contributed by atoms with E-state index < -0.39 is 27.9 Å². The number of carbonyl (C=O) groups is 2. The maximum Gasteiger partial charge on any atom is 0.342 e. The van der Waals surface area contributed by atoms with E-state index in [2.05, 4.69) is 0 Å². The number of carbonyl (C=O) groups excluding carboxylic acids is 2. The third kappa shape index (κ3) is 5.49. The van der Waals surface area contributed by atoms with Crippen molar-refractivity contribution in [2.75, 3.05) is 20.2 Å². The fourth-order valence-electron chi connectivity index (χ4n) is 3.59. The van der Waals surface area contributed by atoms with E-state index in [1.807, 2.05) is 0 Å². The van der Waals surface area contributed by atoms with Crippen molar-refractivity contribution in [3.63, 3.8) is 0 Å². The number of hydrogen-bond acceptors (Lipinski definition) is 6. The summed E-state index contributed by atoms with van der Waals surface area (Å²) in [5, 5.41) is 0.391. The fourth-order valence-corrected chi connectivity index (χ4v) is 5.33. The molecule has 2 aromatic carbocycles. The summed E-state index contributed by atoms with van der Waals surface area (Å²) in [6, 6.07) is 10.4. The second-order valence-electron chi connectivity index (χ2n) is 7.60. The van der Waals surface area contributed by atoms with Gasteiger partial charge >= 0.3 is 5.97 Å². The molecule has 1 aliphatic heterocycles. The number of nitrogens with zero attached hydrogens (tertiary/aromatic N) is 1.